The minimum atomic E-state index is -0.346. The molecule has 0 aliphatic rings. The first-order chi connectivity index (χ1) is 6.34. The van der Waals surface area contributed by atoms with Crippen molar-refractivity contribution in [3.8, 4) is 0 Å². The van der Waals surface area contributed by atoms with Crippen LogP contribution >= 0.6 is 11.8 Å². The monoisotopic (exact) mass is 197 g/mol. The van der Waals surface area contributed by atoms with Gasteiger partial charge in [0, 0.05) is 12.4 Å². The van der Waals surface area contributed by atoms with E-state index in [0.717, 1.165) is 24.2 Å². The van der Waals surface area contributed by atoms with Crippen molar-refractivity contribution < 1.29 is 5.11 Å². The lowest BCUT2D eigenvalue weighted by Crippen LogP contribution is -1.98. The van der Waals surface area contributed by atoms with Gasteiger partial charge in [-0.1, -0.05) is 6.07 Å². The Bertz CT molecular complexity index is 228. The van der Waals surface area contributed by atoms with Crippen LogP contribution in [0.3, 0.4) is 0 Å². The van der Waals surface area contributed by atoms with Crippen molar-refractivity contribution in [1.29, 1.82) is 0 Å². The summed E-state index contributed by atoms with van der Waals surface area (Å²) < 4.78 is 0. The second kappa shape index (κ2) is 6.00. The standard InChI is InChI=1S/C10H15NOS/c1-13-7-3-5-10(12)9-4-2-6-11-8-9/h2,4,6,8,10,12H,3,5,7H2,1H3. The van der Waals surface area contributed by atoms with E-state index in [1.165, 1.54) is 0 Å². The zero-order valence-corrected chi connectivity index (χ0v) is 8.63. The maximum absolute atomic E-state index is 9.70. The number of hydrogen-bond acceptors (Lipinski definition) is 3. The Labute approximate surface area is 83.4 Å². The first-order valence-electron chi connectivity index (χ1n) is 4.41. The number of hydrogen-bond donors (Lipinski definition) is 1. The molecule has 0 saturated carbocycles. The lowest BCUT2D eigenvalue weighted by Gasteiger charge is -2.08. The fraction of sp³-hybridized carbons (Fsp3) is 0.500. The van der Waals surface area contributed by atoms with Gasteiger partial charge in [0.25, 0.3) is 0 Å². The fourth-order valence-corrected chi connectivity index (χ4v) is 1.62. The van der Waals surface area contributed by atoms with Crippen LogP contribution in [0.4, 0.5) is 0 Å². The first-order valence-corrected chi connectivity index (χ1v) is 5.81. The van der Waals surface area contributed by atoms with Crippen LogP contribution in [0.1, 0.15) is 24.5 Å². The molecule has 1 unspecified atom stereocenters. The van der Waals surface area contributed by atoms with Crippen molar-refractivity contribution in [1.82, 2.24) is 4.98 Å². The summed E-state index contributed by atoms with van der Waals surface area (Å²) >= 11 is 1.81. The Morgan fingerprint density at radius 3 is 3.08 bits per heavy atom. The van der Waals surface area contributed by atoms with E-state index in [9.17, 15) is 5.11 Å². The normalized spacial score (nSPS) is 12.8. The van der Waals surface area contributed by atoms with Crippen molar-refractivity contribution >= 4 is 11.8 Å². The summed E-state index contributed by atoms with van der Waals surface area (Å²) in [6, 6.07) is 3.77. The smallest absolute Gasteiger partial charge is 0.0805 e. The summed E-state index contributed by atoms with van der Waals surface area (Å²) in [4.78, 5) is 3.97. The van der Waals surface area contributed by atoms with Crippen LogP contribution in [0, 0.1) is 0 Å². The summed E-state index contributed by atoms with van der Waals surface area (Å²) in [5, 5.41) is 9.70. The Balaban J connectivity index is 2.35. The zero-order valence-electron chi connectivity index (χ0n) is 7.81. The van der Waals surface area contributed by atoms with Gasteiger partial charge in [0.05, 0.1) is 6.10 Å². The molecule has 1 heterocycles. The summed E-state index contributed by atoms with van der Waals surface area (Å²) in [6.45, 7) is 0. The molecule has 0 aromatic carbocycles. The van der Waals surface area contributed by atoms with Crippen LogP contribution in [0.5, 0.6) is 0 Å². The third-order valence-corrected chi connectivity index (χ3v) is 2.59. The highest BCUT2D eigenvalue weighted by Gasteiger charge is 2.05. The van der Waals surface area contributed by atoms with Crippen molar-refractivity contribution in [2.45, 2.75) is 18.9 Å². The number of aliphatic hydroxyl groups excluding tert-OH is 1. The molecule has 3 heteroatoms. The number of pyridine rings is 1. The molecule has 13 heavy (non-hydrogen) atoms. The quantitative estimate of drug-likeness (QED) is 0.735. The van der Waals surface area contributed by atoms with Crippen molar-refractivity contribution in [2.75, 3.05) is 12.0 Å². The molecule has 2 nitrogen and oxygen atoms in total. The third kappa shape index (κ3) is 3.79. The first kappa shape index (κ1) is 10.5. The van der Waals surface area contributed by atoms with Crippen LogP contribution in [-0.2, 0) is 0 Å². The lowest BCUT2D eigenvalue weighted by atomic mass is 10.1. The van der Waals surface area contributed by atoms with Crippen molar-refractivity contribution in [2.24, 2.45) is 0 Å². The SMILES string of the molecule is CSCCCC(O)c1cccnc1. The van der Waals surface area contributed by atoms with Gasteiger partial charge in [0.1, 0.15) is 0 Å². The Hall–Kier alpha value is -0.540. The van der Waals surface area contributed by atoms with Gasteiger partial charge < -0.3 is 5.11 Å². The van der Waals surface area contributed by atoms with Crippen LogP contribution in [-0.4, -0.2) is 22.1 Å². The van der Waals surface area contributed by atoms with Crippen molar-refractivity contribution in [3.63, 3.8) is 0 Å². The highest BCUT2D eigenvalue weighted by Crippen LogP contribution is 2.17. The predicted octanol–water partition coefficient (Wildman–Crippen LogP) is 2.26. The molecule has 1 aromatic heterocycles. The second-order valence-electron chi connectivity index (χ2n) is 2.94. The van der Waals surface area contributed by atoms with E-state index in [-0.39, 0.29) is 6.10 Å². The Morgan fingerprint density at radius 2 is 2.46 bits per heavy atom. The molecule has 0 amide bonds. The number of aliphatic hydroxyl groups is 1. The maximum Gasteiger partial charge on any atom is 0.0805 e. The zero-order chi connectivity index (χ0) is 9.52. The van der Waals surface area contributed by atoms with E-state index in [1.807, 2.05) is 23.9 Å². The maximum atomic E-state index is 9.70. The highest BCUT2D eigenvalue weighted by atomic mass is 32.2. The molecule has 1 rings (SSSR count). The van der Waals surface area contributed by atoms with E-state index < -0.39 is 0 Å². The molecular formula is C10H15NOS. The van der Waals surface area contributed by atoms with Gasteiger partial charge >= 0.3 is 0 Å². The minimum Gasteiger partial charge on any atom is -0.388 e. The number of thioether (sulfide) groups is 1. The largest absolute Gasteiger partial charge is 0.388 e. The molecule has 1 aromatic rings. The van der Waals surface area contributed by atoms with Gasteiger partial charge in [-0.15, -0.1) is 0 Å². The molecule has 1 atom stereocenters. The van der Waals surface area contributed by atoms with Crippen molar-refractivity contribution in [3.05, 3.63) is 30.1 Å². The second-order valence-corrected chi connectivity index (χ2v) is 3.92. The van der Waals surface area contributed by atoms with Gasteiger partial charge in [0.2, 0.25) is 0 Å². The molecular weight excluding hydrogens is 182 g/mol. The van der Waals surface area contributed by atoms with Gasteiger partial charge in [-0.2, -0.15) is 11.8 Å². The molecule has 0 bridgehead atoms. The Kier molecular flexibility index (Phi) is 4.86. The minimum absolute atomic E-state index is 0.346. The van der Waals surface area contributed by atoms with Gasteiger partial charge in [-0.3, -0.25) is 4.98 Å². The average molecular weight is 197 g/mol. The lowest BCUT2D eigenvalue weighted by molar-refractivity contribution is 0.166. The third-order valence-electron chi connectivity index (χ3n) is 1.90. The molecule has 0 aliphatic heterocycles. The topological polar surface area (TPSA) is 33.1 Å². The molecule has 0 spiro atoms. The number of nitrogens with zero attached hydrogens (tertiary/aromatic N) is 1. The highest BCUT2D eigenvalue weighted by molar-refractivity contribution is 7.98. The van der Waals surface area contributed by atoms with Crippen LogP contribution in [0.25, 0.3) is 0 Å². The summed E-state index contributed by atoms with van der Waals surface area (Å²) in [7, 11) is 0. The molecule has 0 aliphatic carbocycles. The molecule has 0 saturated heterocycles. The summed E-state index contributed by atoms with van der Waals surface area (Å²) in [5.41, 5.74) is 0.920. The number of rotatable bonds is 5. The molecule has 0 radical (unpaired) electrons. The van der Waals surface area contributed by atoms with Crippen LogP contribution < -0.4 is 0 Å². The van der Waals surface area contributed by atoms with Crippen LogP contribution in [0.2, 0.25) is 0 Å². The van der Waals surface area contributed by atoms with Crippen LogP contribution in [0.15, 0.2) is 24.5 Å². The summed E-state index contributed by atoms with van der Waals surface area (Å²) in [5.74, 6) is 1.11. The van der Waals surface area contributed by atoms with E-state index in [4.69, 9.17) is 0 Å². The van der Waals surface area contributed by atoms with Gasteiger partial charge in [-0.25, -0.2) is 0 Å². The average Bonchev–Trinajstić information content (AvgIpc) is 2.19. The number of aromatic nitrogens is 1. The molecule has 72 valence electrons. The van der Waals surface area contributed by atoms with E-state index in [2.05, 4.69) is 11.2 Å². The van der Waals surface area contributed by atoms with Gasteiger partial charge in [-0.05, 0) is 36.5 Å². The Morgan fingerprint density at radius 1 is 1.62 bits per heavy atom. The predicted molar refractivity (Wildman–Crippen MR) is 56.8 cm³/mol. The van der Waals surface area contributed by atoms with E-state index in [1.54, 1.807) is 12.4 Å². The fourth-order valence-electron chi connectivity index (χ4n) is 1.16. The molecule has 0 fully saturated rings. The van der Waals surface area contributed by atoms with E-state index in [0.29, 0.717) is 0 Å². The summed E-state index contributed by atoms with van der Waals surface area (Å²) in [6.07, 6.45) is 7.06. The molecule has 1 N–H and O–H groups in total. The van der Waals surface area contributed by atoms with E-state index >= 15 is 0 Å². The van der Waals surface area contributed by atoms with Gasteiger partial charge in [0.15, 0.2) is 0 Å².